The minimum absolute atomic E-state index is 0.187. The highest BCUT2D eigenvalue weighted by Gasteiger charge is 2.10. The molecule has 2 rings (SSSR count). The van der Waals surface area contributed by atoms with Crippen molar-refractivity contribution in [1.29, 1.82) is 0 Å². The standard InChI is InChI=1S/C9H9N3O2/c13-9(14)6-1-2-7(12-5-6)8-10-3-4-11-8/h1-2,5H,3-4H2,(H,10,11)(H,13,14). The van der Waals surface area contributed by atoms with Gasteiger partial charge in [-0.1, -0.05) is 0 Å². The van der Waals surface area contributed by atoms with Crippen molar-refractivity contribution < 1.29 is 9.90 Å². The number of aliphatic imine (C=N–C) groups is 1. The largest absolute Gasteiger partial charge is 0.478 e. The molecule has 0 fully saturated rings. The van der Waals surface area contributed by atoms with Crippen LogP contribution in [0.1, 0.15) is 16.1 Å². The molecule has 14 heavy (non-hydrogen) atoms. The zero-order valence-corrected chi connectivity index (χ0v) is 7.40. The summed E-state index contributed by atoms with van der Waals surface area (Å²) in [5, 5.41) is 11.7. The number of aromatic carboxylic acids is 1. The molecule has 1 aliphatic heterocycles. The van der Waals surface area contributed by atoms with Crippen molar-refractivity contribution in [3.63, 3.8) is 0 Å². The van der Waals surface area contributed by atoms with Gasteiger partial charge in [0.1, 0.15) is 11.5 Å². The van der Waals surface area contributed by atoms with Crippen molar-refractivity contribution in [3.05, 3.63) is 29.6 Å². The first-order valence-corrected chi connectivity index (χ1v) is 4.25. The van der Waals surface area contributed by atoms with Crippen molar-refractivity contribution in [1.82, 2.24) is 10.3 Å². The quantitative estimate of drug-likeness (QED) is 0.696. The lowest BCUT2D eigenvalue weighted by Gasteiger charge is -2.00. The lowest BCUT2D eigenvalue weighted by molar-refractivity contribution is 0.0696. The zero-order chi connectivity index (χ0) is 9.97. The van der Waals surface area contributed by atoms with Gasteiger partial charge < -0.3 is 10.4 Å². The summed E-state index contributed by atoms with van der Waals surface area (Å²) in [6.45, 7) is 1.56. The Labute approximate surface area is 80.5 Å². The molecule has 5 heteroatoms. The summed E-state index contributed by atoms with van der Waals surface area (Å²) in [4.78, 5) is 18.7. The summed E-state index contributed by atoms with van der Waals surface area (Å²) in [6, 6.07) is 3.17. The zero-order valence-electron chi connectivity index (χ0n) is 7.40. The Morgan fingerprint density at radius 2 is 2.36 bits per heavy atom. The van der Waals surface area contributed by atoms with Gasteiger partial charge in [0, 0.05) is 12.7 Å². The van der Waals surface area contributed by atoms with Gasteiger partial charge in [-0.25, -0.2) is 4.79 Å². The number of nitrogens with one attached hydrogen (secondary N) is 1. The molecule has 0 atom stereocenters. The van der Waals surface area contributed by atoms with Crippen molar-refractivity contribution in [3.8, 4) is 0 Å². The number of aromatic nitrogens is 1. The van der Waals surface area contributed by atoms with E-state index in [0.29, 0.717) is 5.69 Å². The van der Waals surface area contributed by atoms with Crippen LogP contribution < -0.4 is 5.32 Å². The van der Waals surface area contributed by atoms with Gasteiger partial charge >= 0.3 is 5.97 Å². The van der Waals surface area contributed by atoms with E-state index in [-0.39, 0.29) is 5.56 Å². The normalized spacial score (nSPS) is 14.7. The Morgan fingerprint density at radius 3 is 2.86 bits per heavy atom. The van der Waals surface area contributed by atoms with E-state index in [1.54, 1.807) is 6.07 Å². The summed E-state index contributed by atoms with van der Waals surface area (Å²) in [6.07, 6.45) is 1.33. The van der Waals surface area contributed by atoms with Crippen LogP contribution in [0.4, 0.5) is 0 Å². The monoisotopic (exact) mass is 191 g/mol. The third-order valence-electron chi connectivity index (χ3n) is 1.93. The molecule has 0 saturated heterocycles. The number of nitrogens with zero attached hydrogens (tertiary/aromatic N) is 2. The highest BCUT2D eigenvalue weighted by molar-refractivity contribution is 5.98. The Bertz CT molecular complexity index is 384. The molecule has 0 saturated carbocycles. The second-order valence-electron chi connectivity index (χ2n) is 2.89. The number of carboxylic acid groups (broad SMARTS) is 1. The smallest absolute Gasteiger partial charge is 0.337 e. The summed E-state index contributed by atoms with van der Waals surface area (Å²) in [7, 11) is 0. The van der Waals surface area contributed by atoms with E-state index in [1.165, 1.54) is 12.3 Å². The van der Waals surface area contributed by atoms with E-state index < -0.39 is 5.97 Å². The molecule has 0 bridgehead atoms. The number of hydrogen-bond donors (Lipinski definition) is 2. The highest BCUT2D eigenvalue weighted by Crippen LogP contribution is 2.02. The van der Waals surface area contributed by atoms with Crippen LogP contribution in [0.5, 0.6) is 0 Å². The maximum absolute atomic E-state index is 10.5. The predicted molar refractivity (Wildman–Crippen MR) is 50.6 cm³/mol. The minimum Gasteiger partial charge on any atom is -0.478 e. The minimum atomic E-state index is -0.967. The summed E-state index contributed by atoms with van der Waals surface area (Å²) >= 11 is 0. The number of pyridine rings is 1. The van der Waals surface area contributed by atoms with Gasteiger partial charge in [0.15, 0.2) is 0 Å². The first-order chi connectivity index (χ1) is 6.77. The van der Waals surface area contributed by atoms with E-state index in [0.717, 1.165) is 18.9 Å². The van der Waals surface area contributed by atoms with Crippen LogP contribution in [-0.2, 0) is 0 Å². The third kappa shape index (κ3) is 1.56. The lowest BCUT2D eigenvalue weighted by atomic mass is 10.2. The van der Waals surface area contributed by atoms with Crippen molar-refractivity contribution in [2.45, 2.75) is 0 Å². The SMILES string of the molecule is O=C(O)c1ccc(C2=NCCN2)nc1. The molecule has 1 aliphatic rings. The Hall–Kier alpha value is -1.91. The van der Waals surface area contributed by atoms with Crippen LogP contribution in [0.25, 0.3) is 0 Å². The molecule has 0 radical (unpaired) electrons. The van der Waals surface area contributed by atoms with Crippen molar-refractivity contribution in [2.75, 3.05) is 13.1 Å². The van der Waals surface area contributed by atoms with Gasteiger partial charge in [-0.3, -0.25) is 9.98 Å². The second kappa shape index (κ2) is 3.45. The van der Waals surface area contributed by atoms with Crippen LogP contribution >= 0.6 is 0 Å². The maximum Gasteiger partial charge on any atom is 0.337 e. The predicted octanol–water partition coefficient (Wildman–Crippen LogP) is 0.130. The second-order valence-corrected chi connectivity index (χ2v) is 2.89. The van der Waals surface area contributed by atoms with E-state index in [4.69, 9.17) is 5.11 Å². The molecular weight excluding hydrogens is 182 g/mol. The topological polar surface area (TPSA) is 74.6 Å². The van der Waals surface area contributed by atoms with Gasteiger partial charge in [-0.05, 0) is 12.1 Å². The highest BCUT2D eigenvalue weighted by atomic mass is 16.4. The van der Waals surface area contributed by atoms with Gasteiger partial charge in [0.25, 0.3) is 0 Å². The van der Waals surface area contributed by atoms with E-state index >= 15 is 0 Å². The number of carboxylic acids is 1. The molecule has 0 aromatic carbocycles. The molecule has 2 heterocycles. The fourth-order valence-electron chi connectivity index (χ4n) is 1.23. The molecule has 0 amide bonds. The van der Waals surface area contributed by atoms with E-state index in [2.05, 4.69) is 15.3 Å². The average Bonchev–Trinajstić information content (AvgIpc) is 2.71. The molecule has 5 nitrogen and oxygen atoms in total. The summed E-state index contributed by atoms with van der Waals surface area (Å²) < 4.78 is 0. The van der Waals surface area contributed by atoms with Crippen LogP contribution in [-0.4, -0.2) is 35.0 Å². The van der Waals surface area contributed by atoms with Gasteiger partial charge in [0.05, 0.1) is 12.1 Å². The third-order valence-corrected chi connectivity index (χ3v) is 1.93. The van der Waals surface area contributed by atoms with Gasteiger partial charge in [-0.2, -0.15) is 0 Å². The van der Waals surface area contributed by atoms with E-state index in [1.807, 2.05) is 0 Å². The summed E-state index contributed by atoms with van der Waals surface area (Å²) in [5.41, 5.74) is 0.875. The Balaban J connectivity index is 2.25. The molecule has 0 aliphatic carbocycles. The fourth-order valence-corrected chi connectivity index (χ4v) is 1.23. The van der Waals surface area contributed by atoms with Gasteiger partial charge in [0.2, 0.25) is 0 Å². The fraction of sp³-hybridized carbons (Fsp3) is 0.222. The first kappa shape index (κ1) is 8.68. The molecule has 0 unspecified atom stereocenters. The lowest BCUT2D eigenvalue weighted by Crippen LogP contribution is -2.20. The number of amidine groups is 1. The molecule has 72 valence electrons. The Kier molecular flexibility index (Phi) is 2.14. The molecular formula is C9H9N3O2. The van der Waals surface area contributed by atoms with Crippen LogP contribution in [0.15, 0.2) is 23.3 Å². The maximum atomic E-state index is 10.5. The molecule has 1 aromatic heterocycles. The number of carbonyl (C=O) groups is 1. The first-order valence-electron chi connectivity index (χ1n) is 4.25. The molecule has 1 aromatic rings. The van der Waals surface area contributed by atoms with Gasteiger partial charge in [-0.15, -0.1) is 0 Å². The van der Waals surface area contributed by atoms with Crippen molar-refractivity contribution >= 4 is 11.8 Å². The number of rotatable bonds is 2. The van der Waals surface area contributed by atoms with Crippen LogP contribution in [0, 0.1) is 0 Å². The Morgan fingerprint density at radius 1 is 1.50 bits per heavy atom. The number of hydrogen-bond acceptors (Lipinski definition) is 4. The van der Waals surface area contributed by atoms with Crippen LogP contribution in [0.2, 0.25) is 0 Å². The van der Waals surface area contributed by atoms with Crippen LogP contribution in [0.3, 0.4) is 0 Å². The van der Waals surface area contributed by atoms with Crippen molar-refractivity contribution in [2.24, 2.45) is 4.99 Å². The van der Waals surface area contributed by atoms with E-state index in [9.17, 15) is 4.79 Å². The average molecular weight is 191 g/mol. The molecule has 0 spiro atoms. The summed E-state index contributed by atoms with van der Waals surface area (Å²) in [5.74, 6) is -0.229. The molecule has 2 N–H and O–H groups in total.